The highest BCUT2D eigenvalue weighted by Crippen LogP contribution is 2.44. The van der Waals surface area contributed by atoms with Crippen molar-refractivity contribution in [3.8, 4) is 0 Å². The zero-order valence-electron chi connectivity index (χ0n) is 20.8. The highest BCUT2D eigenvalue weighted by atomic mass is 32.2. The molecule has 0 aliphatic carbocycles. The molecule has 1 aliphatic rings. The van der Waals surface area contributed by atoms with E-state index in [1.165, 1.54) is 0 Å². The summed E-state index contributed by atoms with van der Waals surface area (Å²) >= 11 is 7.42. The van der Waals surface area contributed by atoms with E-state index in [9.17, 15) is 4.79 Å². The van der Waals surface area contributed by atoms with E-state index in [1.807, 2.05) is 87.5 Å². The molecule has 0 bridgehead atoms. The summed E-state index contributed by atoms with van der Waals surface area (Å²) in [5.41, 5.74) is 3.53. The predicted octanol–water partition coefficient (Wildman–Crippen LogP) is 6.91. The summed E-state index contributed by atoms with van der Waals surface area (Å²) < 4.78 is 6.39. The average molecular weight is 529 g/mol. The van der Waals surface area contributed by atoms with Crippen LogP contribution in [0.25, 0.3) is 0 Å². The van der Waals surface area contributed by atoms with Crippen molar-refractivity contribution in [2.45, 2.75) is 42.8 Å². The summed E-state index contributed by atoms with van der Waals surface area (Å²) in [4.78, 5) is 20.0. The minimum atomic E-state index is -0.247. The molecule has 1 fully saturated rings. The van der Waals surface area contributed by atoms with Crippen LogP contribution in [0.5, 0.6) is 0 Å². The van der Waals surface area contributed by atoms with Gasteiger partial charge in [-0.2, -0.15) is 0 Å². The molecule has 2 aromatic heterocycles. The number of anilines is 2. The Balaban J connectivity index is 1.50. The first-order valence-electron chi connectivity index (χ1n) is 12.2. The average Bonchev–Trinajstić information content (AvgIpc) is 3.50. The Morgan fingerprint density at radius 2 is 1.86 bits per heavy atom. The Bertz CT molecular complexity index is 1410. The molecule has 0 spiro atoms. The van der Waals surface area contributed by atoms with E-state index in [1.54, 1.807) is 18.0 Å². The maximum Gasteiger partial charge on any atom is 0.226 e. The second-order valence-corrected chi connectivity index (χ2v) is 10.7. The Morgan fingerprint density at radius 1 is 1.08 bits per heavy atom. The van der Waals surface area contributed by atoms with Gasteiger partial charge in [0.05, 0.1) is 11.7 Å². The molecular weight excluding hydrogens is 500 g/mol. The Labute approximate surface area is 226 Å². The summed E-state index contributed by atoms with van der Waals surface area (Å²) in [6.45, 7) is 5.74. The highest BCUT2D eigenvalue weighted by molar-refractivity contribution is 7.99. The molecule has 1 saturated heterocycles. The fraction of sp³-hybridized carbons (Fsp3) is 0.207. The lowest BCUT2D eigenvalue weighted by molar-refractivity contribution is -0.118. The van der Waals surface area contributed by atoms with E-state index in [0.29, 0.717) is 5.11 Å². The van der Waals surface area contributed by atoms with Crippen LogP contribution < -0.4 is 15.5 Å². The summed E-state index contributed by atoms with van der Waals surface area (Å²) in [5, 5.41) is 7.87. The molecule has 2 aromatic carbocycles. The number of rotatable bonds is 7. The third-order valence-corrected chi connectivity index (χ3v) is 7.47. The topological polar surface area (TPSA) is 70.4 Å². The molecule has 0 unspecified atom stereocenters. The number of carbonyl (C=O) groups excluding carboxylic acids is 1. The zero-order valence-corrected chi connectivity index (χ0v) is 22.5. The number of thiocarbonyl (C=S) groups is 1. The first kappa shape index (κ1) is 25.0. The first-order chi connectivity index (χ1) is 17.9. The van der Waals surface area contributed by atoms with Crippen LogP contribution in [0.3, 0.4) is 0 Å². The number of amides is 1. The van der Waals surface area contributed by atoms with Gasteiger partial charge >= 0.3 is 0 Å². The van der Waals surface area contributed by atoms with Gasteiger partial charge in [0.25, 0.3) is 0 Å². The summed E-state index contributed by atoms with van der Waals surface area (Å²) in [6, 6.07) is 25.5. The van der Waals surface area contributed by atoms with Crippen molar-refractivity contribution in [2.75, 3.05) is 10.2 Å². The van der Waals surface area contributed by atoms with Gasteiger partial charge in [-0.1, -0.05) is 49.9 Å². The lowest BCUT2D eigenvalue weighted by atomic mass is 10.0. The van der Waals surface area contributed by atoms with Crippen molar-refractivity contribution in [1.29, 1.82) is 0 Å². The molecule has 6 nitrogen and oxygen atoms in total. The van der Waals surface area contributed by atoms with Crippen LogP contribution in [0, 0.1) is 12.8 Å². The standard InChI is InChI=1S/C29H28N4O2S2/c1-18(2)28(34)31-22-13-12-20(17-19(22)3)33-27(26(32-29(33)36)23-11-7-8-16-30-23)24-14-15-25(35-24)37-21-9-5-4-6-10-21/h4-18,26-27H,1-3H3,(H,31,34)(H,32,36)/t26-,27-/m0/s1. The molecule has 8 heteroatoms. The highest BCUT2D eigenvalue weighted by Gasteiger charge is 2.42. The van der Waals surface area contributed by atoms with E-state index in [-0.39, 0.29) is 23.9 Å². The smallest absolute Gasteiger partial charge is 0.226 e. The third kappa shape index (κ3) is 5.40. The Kier molecular flexibility index (Phi) is 7.30. The Morgan fingerprint density at radius 3 is 2.57 bits per heavy atom. The second kappa shape index (κ2) is 10.8. The number of nitrogens with zero attached hydrogens (tertiary/aromatic N) is 2. The molecule has 1 amide bonds. The van der Waals surface area contributed by atoms with Crippen LogP contribution in [0.4, 0.5) is 11.4 Å². The van der Waals surface area contributed by atoms with Crippen LogP contribution in [-0.2, 0) is 4.79 Å². The van der Waals surface area contributed by atoms with Gasteiger partial charge in [-0.3, -0.25) is 9.78 Å². The number of carbonyl (C=O) groups is 1. The fourth-order valence-corrected chi connectivity index (χ4v) is 5.44. The van der Waals surface area contributed by atoms with Gasteiger partial charge in [0.1, 0.15) is 11.8 Å². The van der Waals surface area contributed by atoms with Crippen molar-refractivity contribution in [3.05, 3.63) is 102 Å². The van der Waals surface area contributed by atoms with Gasteiger partial charge in [0.2, 0.25) is 5.91 Å². The monoisotopic (exact) mass is 528 g/mol. The largest absolute Gasteiger partial charge is 0.452 e. The lowest BCUT2D eigenvalue weighted by Gasteiger charge is -2.27. The van der Waals surface area contributed by atoms with E-state index in [4.69, 9.17) is 16.6 Å². The minimum Gasteiger partial charge on any atom is -0.452 e. The van der Waals surface area contributed by atoms with Crippen LogP contribution in [0.2, 0.25) is 0 Å². The van der Waals surface area contributed by atoms with Crippen molar-refractivity contribution in [1.82, 2.24) is 10.3 Å². The van der Waals surface area contributed by atoms with E-state index in [2.05, 4.69) is 32.7 Å². The summed E-state index contributed by atoms with van der Waals surface area (Å²) in [7, 11) is 0. The van der Waals surface area contributed by atoms with Crippen molar-refractivity contribution in [2.24, 2.45) is 5.92 Å². The van der Waals surface area contributed by atoms with Gasteiger partial charge in [-0.05, 0) is 79.3 Å². The zero-order chi connectivity index (χ0) is 25.9. The van der Waals surface area contributed by atoms with Gasteiger partial charge in [-0.25, -0.2) is 0 Å². The molecule has 0 saturated carbocycles. The molecule has 37 heavy (non-hydrogen) atoms. The van der Waals surface area contributed by atoms with Gasteiger partial charge in [-0.15, -0.1) is 0 Å². The minimum absolute atomic E-state index is 0.0127. The number of furan rings is 1. The first-order valence-corrected chi connectivity index (χ1v) is 13.4. The van der Waals surface area contributed by atoms with Crippen molar-refractivity contribution >= 4 is 46.4 Å². The van der Waals surface area contributed by atoms with Crippen LogP contribution in [0.15, 0.2) is 99.5 Å². The third-order valence-electron chi connectivity index (χ3n) is 6.22. The number of hydrogen-bond donors (Lipinski definition) is 2. The number of benzene rings is 2. The molecule has 3 heterocycles. The van der Waals surface area contributed by atoms with E-state index in [0.717, 1.165) is 38.4 Å². The number of aryl methyl sites for hydroxylation is 1. The molecule has 2 N–H and O–H groups in total. The van der Waals surface area contributed by atoms with Gasteiger partial charge in [0.15, 0.2) is 10.2 Å². The molecular formula is C29H28N4O2S2. The van der Waals surface area contributed by atoms with E-state index >= 15 is 0 Å². The second-order valence-electron chi connectivity index (χ2n) is 9.21. The maximum absolute atomic E-state index is 12.3. The van der Waals surface area contributed by atoms with E-state index < -0.39 is 0 Å². The number of pyridine rings is 1. The van der Waals surface area contributed by atoms with Crippen molar-refractivity contribution < 1.29 is 9.21 Å². The predicted molar refractivity (Wildman–Crippen MR) is 152 cm³/mol. The van der Waals surface area contributed by atoms with Crippen LogP contribution >= 0.6 is 24.0 Å². The molecule has 1 aliphatic heterocycles. The van der Waals surface area contributed by atoms with Crippen LogP contribution in [-0.4, -0.2) is 16.0 Å². The number of aromatic nitrogens is 1. The van der Waals surface area contributed by atoms with Gasteiger partial charge in [0, 0.05) is 28.4 Å². The molecule has 0 radical (unpaired) electrons. The van der Waals surface area contributed by atoms with Crippen LogP contribution in [0.1, 0.15) is 42.9 Å². The summed E-state index contributed by atoms with van der Waals surface area (Å²) in [5.74, 6) is 0.678. The van der Waals surface area contributed by atoms with Crippen molar-refractivity contribution in [3.63, 3.8) is 0 Å². The molecule has 188 valence electrons. The summed E-state index contributed by atoms with van der Waals surface area (Å²) in [6.07, 6.45) is 1.79. The SMILES string of the molecule is Cc1cc(N2C(=S)N[C@@H](c3ccccn3)[C@@H]2c2ccc(Sc3ccccc3)o2)ccc1NC(=O)C(C)C. The number of hydrogen-bond acceptors (Lipinski definition) is 5. The normalized spacial score (nSPS) is 17.2. The quantitative estimate of drug-likeness (QED) is 0.253. The maximum atomic E-state index is 12.3. The molecule has 5 rings (SSSR count). The lowest BCUT2D eigenvalue weighted by Crippen LogP contribution is -2.29. The number of nitrogens with one attached hydrogen (secondary N) is 2. The Hall–Kier alpha value is -3.62. The molecule has 2 atom stereocenters. The van der Waals surface area contributed by atoms with Gasteiger partial charge < -0.3 is 20.0 Å². The fourth-order valence-electron chi connectivity index (χ4n) is 4.29. The molecule has 4 aromatic rings.